The van der Waals surface area contributed by atoms with Crippen LogP contribution in [-0.4, -0.2) is 10.6 Å². The van der Waals surface area contributed by atoms with E-state index in [9.17, 15) is 4.57 Å². The van der Waals surface area contributed by atoms with Gasteiger partial charge >= 0.3 is 0 Å². The van der Waals surface area contributed by atoms with Gasteiger partial charge in [-0.3, -0.25) is 4.57 Å². The Labute approximate surface area is 146 Å². The Morgan fingerprint density at radius 2 is 1.26 bits per heavy atom. The van der Waals surface area contributed by atoms with E-state index in [1.165, 1.54) is 77.0 Å². The van der Waals surface area contributed by atoms with Crippen molar-refractivity contribution in [3.8, 4) is 0 Å². The SMILES string of the molecule is CCCCCCCC/C=C\CCCCCCCC(CC)[PH](=O)O. The average molecular weight is 345 g/mol. The first-order valence-electron chi connectivity index (χ1n) is 10.1. The first-order valence-corrected chi connectivity index (χ1v) is 11.5. The van der Waals surface area contributed by atoms with Gasteiger partial charge in [-0.05, 0) is 38.5 Å². The van der Waals surface area contributed by atoms with Crippen LogP contribution in [0.4, 0.5) is 0 Å². The zero-order valence-corrected chi connectivity index (χ0v) is 16.7. The van der Waals surface area contributed by atoms with Crippen LogP contribution in [0.1, 0.15) is 110 Å². The Morgan fingerprint density at radius 3 is 1.74 bits per heavy atom. The van der Waals surface area contributed by atoms with Gasteiger partial charge in [-0.1, -0.05) is 83.8 Å². The summed E-state index contributed by atoms with van der Waals surface area (Å²) in [7, 11) is -2.30. The summed E-state index contributed by atoms with van der Waals surface area (Å²) >= 11 is 0. The van der Waals surface area contributed by atoms with Gasteiger partial charge in [-0.25, -0.2) is 0 Å². The molecule has 0 radical (unpaired) electrons. The van der Waals surface area contributed by atoms with E-state index in [2.05, 4.69) is 19.1 Å². The third-order valence-corrected chi connectivity index (χ3v) is 6.05. The minimum Gasteiger partial charge on any atom is -0.346 e. The van der Waals surface area contributed by atoms with Crippen molar-refractivity contribution in [1.29, 1.82) is 0 Å². The van der Waals surface area contributed by atoms with Crippen molar-refractivity contribution >= 4 is 8.03 Å². The molecule has 0 aromatic carbocycles. The van der Waals surface area contributed by atoms with Crippen LogP contribution in [0.15, 0.2) is 12.2 Å². The van der Waals surface area contributed by atoms with Crippen LogP contribution < -0.4 is 0 Å². The number of unbranched alkanes of at least 4 members (excludes halogenated alkanes) is 11. The van der Waals surface area contributed by atoms with E-state index < -0.39 is 8.03 Å². The quantitative estimate of drug-likeness (QED) is 0.171. The summed E-state index contributed by atoms with van der Waals surface area (Å²) in [5.41, 5.74) is 0.0601. The van der Waals surface area contributed by atoms with Crippen molar-refractivity contribution in [1.82, 2.24) is 0 Å². The van der Waals surface area contributed by atoms with Gasteiger partial charge in [0.05, 0.1) is 0 Å². The third kappa shape index (κ3) is 16.6. The first-order chi connectivity index (χ1) is 11.2. The van der Waals surface area contributed by atoms with Crippen molar-refractivity contribution in [2.24, 2.45) is 0 Å². The highest BCUT2D eigenvalue weighted by atomic mass is 31.1. The zero-order chi connectivity index (χ0) is 17.2. The maximum absolute atomic E-state index is 11.1. The number of rotatable bonds is 17. The number of allylic oxidation sites excluding steroid dienone is 2. The van der Waals surface area contributed by atoms with E-state index in [0.717, 1.165) is 19.3 Å². The molecule has 0 bridgehead atoms. The van der Waals surface area contributed by atoms with Crippen LogP contribution >= 0.6 is 8.03 Å². The largest absolute Gasteiger partial charge is 0.346 e. The lowest BCUT2D eigenvalue weighted by Gasteiger charge is -2.10. The molecule has 1 N–H and O–H groups in total. The van der Waals surface area contributed by atoms with Gasteiger partial charge in [-0.2, -0.15) is 0 Å². The molecule has 0 aliphatic rings. The Balaban J connectivity index is 3.23. The molecule has 0 amide bonds. The van der Waals surface area contributed by atoms with Crippen LogP contribution in [0.2, 0.25) is 0 Å². The molecule has 2 unspecified atom stereocenters. The van der Waals surface area contributed by atoms with Gasteiger partial charge < -0.3 is 4.89 Å². The van der Waals surface area contributed by atoms with E-state index in [-0.39, 0.29) is 5.66 Å². The minimum absolute atomic E-state index is 0.0601. The van der Waals surface area contributed by atoms with Gasteiger partial charge in [0.15, 0.2) is 8.03 Å². The monoisotopic (exact) mass is 344 g/mol. The summed E-state index contributed by atoms with van der Waals surface area (Å²) in [4.78, 5) is 9.17. The fourth-order valence-electron chi connectivity index (χ4n) is 2.96. The summed E-state index contributed by atoms with van der Waals surface area (Å²) < 4.78 is 11.1. The van der Waals surface area contributed by atoms with Gasteiger partial charge in [0.25, 0.3) is 0 Å². The Hall–Kier alpha value is -0.0700. The molecule has 0 fully saturated rings. The summed E-state index contributed by atoms with van der Waals surface area (Å²) in [6.07, 6.45) is 23.5. The van der Waals surface area contributed by atoms with E-state index >= 15 is 0 Å². The molecule has 0 saturated heterocycles. The smallest absolute Gasteiger partial charge is 0.192 e. The van der Waals surface area contributed by atoms with Crippen LogP contribution in [0, 0.1) is 0 Å². The Morgan fingerprint density at radius 1 is 0.783 bits per heavy atom. The summed E-state index contributed by atoms with van der Waals surface area (Å²) in [6.45, 7) is 4.28. The second-order valence-electron chi connectivity index (χ2n) is 6.82. The van der Waals surface area contributed by atoms with Crippen molar-refractivity contribution in [3.05, 3.63) is 12.2 Å². The highest BCUT2D eigenvalue weighted by Gasteiger charge is 2.10. The molecule has 2 atom stereocenters. The van der Waals surface area contributed by atoms with E-state index in [1.54, 1.807) is 0 Å². The molecule has 0 spiro atoms. The highest BCUT2D eigenvalue weighted by molar-refractivity contribution is 7.38. The molecular formula is C20H41O2P. The molecule has 0 aromatic heterocycles. The molecule has 0 heterocycles. The van der Waals surface area contributed by atoms with E-state index in [1.807, 2.05) is 6.92 Å². The molecule has 23 heavy (non-hydrogen) atoms. The van der Waals surface area contributed by atoms with Crippen molar-refractivity contribution in [2.75, 3.05) is 0 Å². The number of hydrogen-bond acceptors (Lipinski definition) is 1. The van der Waals surface area contributed by atoms with Crippen molar-refractivity contribution in [3.63, 3.8) is 0 Å². The second kappa shape index (κ2) is 18.3. The highest BCUT2D eigenvalue weighted by Crippen LogP contribution is 2.29. The van der Waals surface area contributed by atoms with Gasteiger partial charge in [0.2, 0.25) is 0 Å². The average Bonchev–Trinajstić information content (AvgIpc) is 2.54. The maximum Gasteiger partial charge on any atom is 0.192 e. The van der Waals surface area contributed by atoms with Crippen LogP contribution in [0.5, 0.6) is 0 Å². The Bertz CT molecular complexity index is 289. The second-order valence-corrected chi connectivity index (χ2v) is 8.31. The normalized spacial score (nSPS) is 14.4. The van der Waals surface area contributed by atoms with Gasteiger partial charge in [0, 0.05) is 5.66 Å². The maximum atomic E-state index is 11.1. The molecule has 0 aliphatic heterocycles. The molecule has 0 aromatic rings. The van der Waals surface area contributed by atoms with E-state index in [0.29, 0.717) is 0 Å². The predicted molar refractivity (Wildman–Crippen MR) is 105 cm³/mol. The lowest BCUT2D eigenvalue weighted by molar-refractivity contribution is 0.473. The summed E-state index contributed by atoms with van der Waals surface area (Å²) in [5, 5.41) is 0. The van der Waals surface area contributed by atoms with Crippen LogP contribution in [-0.2, 0) is 4.57 Å². The summed E-state index contributed by atoms with van der Waals surface area (Å²) in [6, 6.07) is 0. The van der Waals surface area contributed by atoms with Crippen molar-refractivity contribution < 1.29 is 9.46 Å². The lowest BCUT2D eigenvalue weighted by Crippen LogP contribution is -1.99. The zero-order valence-electron chi connectivity index (χ0n) is 15.7. The predicted octanol–water partition coefficient (Wildman–Crippen LogP) is 7.27. The molecule has 3 heteroatoms. The standard InChI is InChI=1S/C20H41O2P/c1-3-5-6-7-8-9-10-11-12-13-14-15-16-17-18-19-20(4-2)23(21)22/h11-12,20,23H,3-10,13-19H2,1-2H3,(H,21,22)/b12-11-. The fourth-order valence-corrected chi connectivity index (χ4v) is 3.76. The van der Waals surface area contributed by atoms with Crippen LogP contribution in [0.25, 0.3) is 0 Å². The molecule has 0 aliphatic carbocycles. The van der Waals surface area contributed by atoms with Crippen LogP contribution in [0.3, 0.4) is 0 Å². The molecule has 2 nitrogen and oxygen atoms in total. The molecule has 138 valence electrons. The fraction of sp³-hybridized carbons (Fsp3) is 0.900. The molecule has 0 saturated carbocycles. The summed E-state index contributed by atoms with van der Waals surface area (Å²) in [5.74, 6) is 0. The topological polar surface area (TPSA) is 37.3 Å². The third-order valence-electron chi connectivity index (χ3n) is 4.66. The molecular weight excluding hydrogens is 303 g/mol. The van der Waals surface area contributed by atoms with Crippen molar-refractivity contribution in [2.45, 2.75) is 116 Å². The lowest BCUT2D eigenvalue weighted by atomic mass is 10.1. The number of hydrogen-bond donors (Lipinski definition) is 1. The first kappa shape index (κ1) is 22.9. The minimum atomic E-state index is -2.30. The van der Waals surface area contributed by atoms with Gasteiger partial charge in [0.1, 0.15) is 0 Å². The molecule has 0 rings (SSSR count). The van der Waals surface area contributed by atoms with Gasteiger partial charge in [-0.15, -0.1) is 0 Å². The Kier molecular flexibility index (Phi) is 18.2. The van der Waals surface area contributed by atoms with E-state index in [4.69, 9.17) is 4.89 Å².